The van der Waals surface area contributed by atoms with Gasteiger partial charge in [0, 0.05) is 11.9 Å². The van der Waals surface area contributed by atoms with Crippen molar-refractivity contribution in [3.8, 4) is 0 Å². The van der Waals surface area contributed by atoms with Gasteiger partial charge in [0.05, 0.1) is 11.0 Å². The summed E-state index contributed by atoms with van der Waals surface area (Å²) in [5.74, 6) is 1.07. The van der Waals surface area contributed by atoms with Crippen LogP contribution in [0.4, 0.5) is 16.3 Å². The Balaban J connectivity index is 1.51. The van der Waals surface area contributed by atoms with Crippen LogP contribution in [-0.2, 0) is 0 Å². The van der Waals surface area contributed by atoms with Gasteiger partial charge in [-0.2, -0.15) is 0 Å². The number of anilines is 2. The monoisotopic (exact) mass is 349 g/mol. The maximum Gasteiger partial charge on any atom is 0.324 e. The summed E-state index contributed by atoms with van der Waals surface area (Å²) in [6.45, 7) is 2.21. The fourth-order valence-electron chi connectivity index (χ4n) is 3.52. The molecule has 26 heavy (non-hydrogen) atoms. The molecule has 3 N–H and O–H groups in total. The Labute approximate surface area is 152 Å². The second kappa shape index (κ2) is 7.17. The van der Waals surface area contributed by atoms with Crippen LogP contribution in [-0.4, -0.2) is 41.0 Å². The van der Waals surface area contributed by atoms with E-state index >= 15 is 0 Å². The van der Waals surface area contributed by atoms with Crippen LogP contribution in [0.2, 0.25) is 0 Å². The normalized spacial score (nSPS) is 15.9. The Morgan fingerprint density at radius 1 is 1.12 bits per heavy atom. The lowest BCUT2D eigenvalue weighted by Crippen LogP contribution is -2.29. The highest BCUT2D eigenvalue weighted by Gasteiger charge is 2.22. The second-order valence-corrected chi connectivity index (χ2v) is 6.86. The number of hydrogen-bond acceptors (Lipinski definition) is 3. The quantitative estimate of drug-likeness (QED) is 0.669. The number of amides is 2. The topological polar surface area (TPSA) is 73.1 Å². The molecule has 0 radical (unpaired) electrons. The van der Waals surface area contributed by atoms with Crippen molar-refractivity contribution in [3.63, 3.8) is 0 Å². The summed E-state index contributed by atoms with van der Waals surface area (Å²) in [4.78, 5) is 22.6. The number of nitrogens with zero attached hydrogens (tertiary/aromatic N) is 2. The molecule has 0 saturated carbocycles. The molecule has 3 aromatic rings. The number of likely N-dealkylation sites (tertiary alicyclic amines) is 1. The average molecular weight is 349 g/mol. The van der Waals surface area contributed by atoms with Crippen LogP contribution >= 0.6 is 0 Å². The van der Waals surface area contributed by atoms with E-state index in [1.165, 1.54) is 5.56 Å². The van der Waals surface area contributed by atoms with Gasteiger partial charge in [0.15, 0.2) is 0 Å². The van der Waals surface area contributed by atoms with Crippen molar-refractivity contribution in [1.29, 1.82) is 0 Å². The fourth-order valence-corrected chi connectivity index (χ4v) is 3.52. The Kier molecular flexibility index (Phi) is 4.58. The summed E-state index contributed by atoms with van der Waals surface area (Å²) in [6, 6.07) is 12.9. The third kappa shape index (κ3) is 3.55. The van der Waals surface area contributed by atoms with Crippen LogP contribution < -0.4 is 10.6 Å². The molecule has 0 atom stereocenters. The predicted molar refractivity (Wildman–Crippen MR) is 105 cm³/mol. The maximum atomic E-state index is 12.2. The molecule has 0 spiro atoms. The van der Waals surface area contributed by atoms with Gasteiger partial charge in [-0.3, -0.25) is 5.32 Å². The van der Waals surface area contributed by atoms with Gasteiger partial charge in [0.25, 0.3) is 0 Å². The number of H-pyrrole nitrogens is 1. The largest absolute Gasteiger partial charge is 0.360 e. The van der Waals surface area contributed by atoms with Gasteiger partial charge in [-0.15, -0.1) is 0 Å². The van der Waals surface area contributed by atoms with Crippen LogP contribution in [0, 0.1) is 0 Å². The maximum absolute atomic E-state index is 12.2. The number of pyridine rings is 1. The van der Waals surface area contributed by atoms with Crippen LogP contribution in [0.15, 0.2) is 48.7 Å². The minimum absolute atomic E-state index is 0.292. The van der Waals surface area contributed by atoms with E-state index in [4.69, 9.17) is 4.98 Å². The van der Waals surface area contributed by atoms with Crippen molar-refractivity contribution < 1.29 is 4.79 Å². The zero-order valence-corrected chi connectivity index (χ0v) is 14.8. The van der Waals surface area contributed by atoms with Crippen LogP contribution in [0.1, 0.15) is 24.3 Å². The number of urea groups is 1. The Hall–Kier alpha value is -2.86. The fraction of sp³-hybridized carbons (Fsp3) is 0.300. The van der Waals surface area contributed by atoms with Crippen LogP contribution in [0.25, 0.3) is 11.0 Å². The molecule has 1 aliphatic rings. The number of benzene rings is 1. The number of para-hydroxylation sites is 1. The smallest absolute Gasteiger partial charge is 0.324 e. The zero-order valence-electron chi connectivity index (χ0n) is 14.8. The summed E-state index contributed by atoms with van der Waals surface area (Å²) in [5.41, 5.74) is 3.96. The molecular formula is C20H23N5O. The average Bonchev–Trinajstić information content (AvgIpc) is 3.06. The molecule has 0 aliphatic carbocycles. The second-order valence-electron chi connectivity index (χ2n) is 6.86. The Morgan fingerprint density at radius 3 is 2.65 bits per heavy atom. The number of aromatic nitrogens is 2. The van der Waals surface area contributed by atoms with Gasteiger partial charge in [-0.25, -0.2) is 9.78 Å². The Morgan fingerprint density at radius 2 is 1.88 bits per heavy atom. The van der Waals surface area contributed by atoms with Gasteiger partial charge in [0.2, 0.25) is 0 Å². The lowest BCUT2D eigenvalue weighted by molar-refractivity contribution is 0.256. The van der Waals surface area contributed by atoms with E-state index in [2.05, 4.69) is 33.8 Å². The summed E-state index contributed by atoms with van der Waals surface area (Å²) in [5, 5.41) is 5.64. The summed E-state index contributed by atoms with van der Waals surface area (Å²) >= 11 is 0. The number of fused-ring (bicyclic) bond motifs is 1. The highest BCUT2D eigenvalue weighted by Crippen LogP contribution is 2.32. The van der Waals surface area contributed by atoms with E-state index < -0.39 is 0 Å². The number of carbonyl (C=O) groups is 1. The summed E-state index contributed by atoms with van der Waals surface area (Å²) in [7, 11) is 2.16. The number of aromatic amines is 1. The number of hydrogen-bond donors (Lipinski definition) is 3. The van der Waals surface area contributed by atoms with Crippen molar-refractivity contribution >= 4 is 28.6 Å². The van der Waals surface area contributed by atoms with Crippen molar-refractivity contribution in [1.82, 2.24) is 14.9 Å². The molecule has 1 aliphatic heterocycles. The molecule has 2 aromatic heterocycles. The van der Waals surface area contributed by atoms with Gasteiger partial charge in [-0.1, -0.05) is 18.2 Å². The number of nitrogens with one attached hydrogen (secondary N) is 3. The van der Waals surface area contributed by atoms with E-state index in [0.717, 1.165) is 42.7 Å². The van der Waals surface area contributed by atoms with E-state index in [1.807, 2.05) is 42.5 Å². The standard InChI is InChI=1S/C20H23N5O/c1-25-11-9-14(10-12-25)16-13-21-17-7-8-18(23-19(16)17)24-20(26)22-15-5-3-2-4-6-15/h2-8,13-14,21H,9-12H2,1H3,(H2,22,23,24,26). The molecule has 3 heterocycles. The number of carbonyl (C=O) groups excluding carboxylic acids is 1. The number of piperidine rings is 1. The van der Waals surface area contributed by atoms with E-state index in [1.54, 1.807) is 0 Å². The van der Waals surface area contributed by atoms with Crippen LogP contribution in [0.5, 0.6) is 0 Å². The molecule has 6 heteroatoms. The molecule has 1 saturated heterocycles. The minimum Gasteiger partial charge on any atom is -0.360 e. The lowest BCUT2D eigenvalue weighted by atomic mass is 9.91. The molecule has 2 amide bonds. The lowest BCUT2D eigenvalue weighted by Gasteiger charge is -2.28. The molecule has 0 bridgehead atoms. The summed E-state index contributed by atoms with van der Waals surface area (Å²) in [6.07, 6.45) is 4.34. The summed E-state index contributed by atoms with van der Waals surface area (Å²) < 4.78 is 0. The first kappa shape index (κ1) is 16.6. The van der Waals surface area contributed by atoms with Crippen molar-refractivity contribution in [2.24, 2.45) is 0 Å². The third-order valence-corrected chi connectivity index (χ3v) is 4.98. The Bertz CT molecular complexity index is 897. The predicted octanol–water partition coefficient (Wildman–Crippen LogP) is 4.02. The zero-order chi connectivity index (χ0) is 17.9. The van der Waals surface area contributed by atoms with Gasteiger partial charge in [0.1, 0.15) is 5.82 Å². The van der Waals surface area contributed by atoms with Gasteiger partial charge < -0.3 is 15.2 Å². The molecular weight excluding hydrogens is 326 g/mol. The van der Waals surface area contributed by atoms with Crippen molar-refractivity contribution in [3.05, 3.63) is 54.2 Å². The third-order valence-electron chi connectivity index (χ3n) is 4.98. The van der Waals surface area contributed by atoms with E-state index in [9.17, 15) is 4.79 Å². The molecule has 0 unspecified atom stereocenters. The SMILES string of the molecule is CN1CCC(c2c[nH]c3ccc(NC(=O)Nc4ccccc4)nc23)CC1. The highest BCUT2D eigenvalue weighted by atomic mass is 16.2. The van der Waals surface area contributed by atoms with Crippen LogP contribution in [0.3, 0.4) is 0 Å². The first-order valence-electron chi connectivity index (χ1n) is 8.98. The van der Waals surface area contributed by atoms with Crippen molar-refractivity contribution in [2.45, 2.75) is 18.8 Å². The highest BCUT2D eigenvalue weighted by molar-refractivity contribution is 5.99. The molecule has 1 aromatic carbocycles. The van der Waals surface area contributed by atoms with E-state index in [-0.39, 0.29) is 6.03 Å². The van der Waals surface area contributed by atoms with Crippen molar-refractivity contribution in [2.75, 3.05) is 30.8 Å². The van der Waals surface area contributed by atoms with Gasteiger partial charge in [-0.05, 0) is 68.7 Å². The first-order valence-corrected chi connectivity index (χ1v) is 8.98. The molecule has 6 nitrogen and oxygen atoms in total. The molecule has 134 valence electrons. The van der Waals surface area contributed by atoms with Gasteiger partial charge >= 0.3 is 6.03 Å². The molecule has 4 rings (SSSR count). The molecule has 1 fully saturated rings. The first-order chi connectivity index (χ1) is 12.7. The van der Waals surface area contributed by atoms with E-state index in [0.29, 0.717) is 11.7 Å². The minimum atomic E-state index is -0.292. The number of rotatable bonds is 3.